The Kier molecular flexibility index (Phi) is 5.08. The molecule has 1 amide bonds. The van der Waals surface area contributed by atoms with Crippen LogP contribution in [0, 0.1) is 12.8 Å². The summed E-state index contributed by atoms with van der Waals surface area (Å²) >= 11 is 0. The normalized spacial score (nSPS) is 17.8. The van der Waals surface area contributed by atoms with Crippen LogP contribution in [0.5, 0.6) is 0 Å². The largest absolute Gasteiger partial charge is 0.350 e. The van der Waals surface area contributed by atoms with E-state index in [9.17, 15) is 4.79 Å². The minimum absolute atomic E-state index is 0.113. The van der Waals surface area contributed by atoms with E-state index in [-0.39, 0.29) is 5.91 Å². The van der Waals surface area contributed by atoms with Gasteiger partial charge in [-0.3, -0.25) is 9.78 Å². The maximum absolute atomic E-state index is 12.3. The van der Waals surface area contributed by atoms with Crippen LogP contribution in [0.1, 0.15) is 41.7 Å². The average Bonchev–Trinajstić information content (AvgIpc) is 3.09. The number of nitrogens with zero attached hydrogens (tertiary/aromatic N) is 4. The van der Waals surface area contributed by atoms with Crippen molar-refractivity contribution < 1.29 is 9.32 Å². The summed E-state index contributed by atoms with van der Waals surface area (Å²) in [5.74, 6) is 1.57. The van der Waals surface area contributed by atoms with E-state index in [1.807, 2.05) is 26.0 Å². The van der Waals surface area contributed by atoms with Crippen molar-refractivity contribution in [1.29, 1.82) is 0 Å². The highest BCUT2D eigenvalue weighted by Gasteiger charge is 2.24. The van der Waals surface area contributed by atoms with Crippen LogP contribution >= 0.6 is 0 Å². The maximum Gasteiger partial charge on any atom is 0.270 e. The van der Waals surface area contributed by atoms with Gasteiger partial charge in [0, 0.05) is 32.3 Å². The molecule has 0 aromatic carbocycles. The van der Waals surface area contributed by atoms with Crippen LogP contribution in [-0.2, 0) is 6.42 Å². The molecule has 7 heteroatoms. The number of carbonyl (C=O) groups is 1. The van der Waals surface area contributed by atoms with Crippen molar-refractivity contribution in [2.45, 2.75) is 33.1 Å². The van der Waals surface area contributed by atoms with Crippen molar-refractivity contribution in [3.8, 4) is 0 Å². The minimum Gasteiger partial charge on any atom is -0.350 e. The topological polar surface area (TPSA) is 84.2 Å². The van der Waals surface area contributed by atoms with Gasteiger partial charge in [-0.05, 0) is 42.5 Å². The van der Waals surface area contributed by atoms with Crippen LogP contribution in [0.2, 0.25) is 0 Å². The number of anilines is 1. The standard InChI is InChI=1S/C17H23N5O2/c1-3-14-20-17(21-24-14)22-9-5-7-13(11-22)10-19-16(23)15-12(2)6-4-8-18-15/h4,6,8,13H,3,5,7,9-11H2,1-2H3,(H,19,23). The smallest absolute Gasteiger partial charge is 0.270 e. The Bertz CT molecular complexity index is 700. The number of nitrogens with one attached hydrogen (secondary N) is 1. The molecule has 128 valence electrons. The Balaban J connectivity index is 1.56. The van der Waals surface area contributed by atoms with E-state index in [0.29, 0.717) is 30.0 Å². The number of piperidine rings is 1. The Morgan fingerprint density at radius 1 is 1.50 bits per heavy atom. The molecule has 2 aromatic heterocycles. The van der Waals surface area contributed by atoms with E-state index in [1.165, 1.54) is 0 Å². The zero-order chi connectivity index (χ0) is 16.9. The lowest BCUT2D eigenvalue weighted by atomic mass is 9.98. The molecular weight excluding hydrogens is 306 g/mol. The van der Waals surface area contributed by atoms with Crippen LogP contribution in [0.3, 0.4) is 0 Å². The van der Waals surface area contributed by atoms with Crippen LogP contribution in [0.4, 0.5) is 5.95 Å². The molecule has 0 spiro atoms. The van der Waals surface area contributed by atoms with Crippen molar-refractivity contribution in [2.24, 2.45) is 5.92 Å². The van der Waals surface area contributed by atoms with Gasteiger partial charge in [-0.1, -0.05) is 13.0 Å². The van der Waals surface area contributed by atoms with Gasteiger partial charge in [0.1, 0.15) is 5.69 Å². The molecule has 1 saturated heterocycles. The Morgan fingerprint density at radius 3 is 3.12 bits per heavy atom. The Morgan fingerprint density at radius 2 is 2.38 bits per heavy atom. The predicted molar refractivity (Wildman–Crippen MR) is 89.9 cm³/mol. The summed E-state index contributed by atoms with van der Waals surface area (Å²) in [5, 5.41) is 7.05. The number of hydrogen-bond acceptors (Lipinski definition) is 6. The van der Waals surface area contributed by atoms with Crippen molar-refractivity contribution in [1.82, 2.24) is 20.4 Å². The molecular formula is C17H23N5O2. The summed E-state index contributed by atoms with van der Waals surface area (Å²) in [4.78, 5) is 23.0. The molecule has 7 nitrogen and oxygen atoms in total. The second-order valence-electron chi connectivity index (χ2n) is 6.17. The lowest BCUT2D eigenvalue weighted by Gasteiger charge is -2.31. The third-order valence-corrected chi connectivity index (χ3v) is 4.34. The van der Waals surface area contributed by atoms with Gasteiger partial charge in [-0.2, -0.15) is 4.98 Å². The van der Waals surface area contributed by atoms with E-state index in [0.717, 1.165) is 37.9 Å². The van der Waals surface area contributed by atoms with E-state index < -0.39 is 0 Å². The Labute approximate surface area is 141 Å². The minimum atomic E-state index is -0.113. The van der Waals surface area contributed by atoms with Gasteiger partial charge in [0.15, 0.2) is 0 Å². The first-order valence-electron chi connectivity index (χ1n) is 8.44. The lowest BCUT2D eigenvalue weighted by molar-refractivity contribution is 0.0940. The van der Waals surface area contributed by atoms with E-state index >= 15 is 0 Å². The van der Waals surface area contributed by atoms with Gasteiger partial charge < -0.3 is 14.7 Å². The van der Waals surface area contributed by atoms with Crippen molar-refractivity contribution in [3.05, 3.63) is 35.5 Å². The second-order valence-corrected chi connectivity index (χ2v) is 6.17. The van der Waals surface area contributed by atoms with Gasteiger partial charge in [0.2, 0.25) is 5.89 Å². The van der Waals surface area contributed by atoms with Gasteiger partial charge in [0.25, 0.3) is 11.9 Å². The molecule has 24 heavy (non-hydrogen) atoms. The SMILES string of the molecule is CCc1nc(N2CCCC(CNC(=O)c3ncccc3C)C2)no1. The first-order chi connectivity index (χ1) is 11.7. The molecule has 1 atom stereocenters. The number of hydrogen-bond donors (Lipinski definition) is 1. The highest BCUT2D eigenvalue weighted by Crippen LogP contribution is 2.20. The van der Waals surface area contributed by atoms with E-state index in [2.05, 4.69) is 25.3 Å². The van der Waals surface area contributed by atoms with E-state index in [1.54, 1.807) is 6.20 Å². The molecule has 3 heterocycles. The molecule has 0 saturated carbocycles. The number of pyridine rings is 1. The van der Waals surface area contributed by atoms with Crippen LogP contribution in [-0.4, -0.2) is 40.7 Å². The first-order valence-corrected chi connectivity index (χ1v) is 8.44. The van der Waals surface area contributed by atoms with Crippen LogP contribution in [0.25, 0.3) is 0 Å². The molecule has 0 bridgehead atoms. The van der Waals surface area contributed by atoms with Crippen LogP contribution in [0.15, 0.2) is 22.9 Å². The molecule has 1 fully saturated rings. The first kappa shape index (κ1) is 16.4. The zero-order valence-corrected chi connectivity index (χ0v) is 14.2. The average molecular weight is 329 g/mol. The van der Waals surface area contributed by atoms with Crippen LogP contribution < -0.4 is 10.2 Å². The zero-order valence-electron chi connectivity index (χ0n) is 14.2. The summed E-state index contributed by atoms with van der Waals surface area (Å²) in [6, 6.07) is 3.73. The quantitative estimate of drug-likeness (QED) is 0.903. The third kappa shape index (κ3) is 3.72. The molecule has 2 aromatic rings. The van der Waals surface area contributed by atoms with Gasteiger partial charge in [0.05, 0.1) is 0 Å². The van der Waals surface area contributed by atoms with Crippen molar-refractivity contribution >= 4 is 11.9 Å². The number of rotatable bonds is 5. The fourth-order valence-electron chi connectivity index (χ4n) is 2.98. The molecule has 1 aliphatic rings. The summed E-state index contributed by atoms with van der Waals surface area (Å²) < 4.78 is 5.19. The summed E-state index contributed by atoms with van der Waals surface area (Å²) in [5.41, 5.74) is 1.38. The molecule has 0 aliphatic carbocycles. The molecule has 1 unspecified atom stereocenters. The molecule has 1 aliphatic heterocycles. The van der Waals surface area contributed by atoms with Gasteiger partial charge in [-0.25, -0.2) is 0 Å². The molecule has 3 rings (SSSR count). The fourth-order valence-corrected chi connectivity index (χ4v) is 2.98. The highest BCUT2D eigenvalue weighted by atomic mass is 16.5. The fraction of sp³-hybridized carbons (Fsp3) is 0.529. The summed E-state index contributed by atoms with van der Waals surface area (Å²) in [6.07, 6.45) is 4.52. The predicted octanol–water partition coefficient (Wildman–Crippen LogP) is 1.98. The maximum atomic E-state index is 12.3. The third-order valence-electron chi connectivity index (χ3n) is 4.34. The summed E-state index contributed by atoms with van der Waals surface area (Å²) in [6.45, 7) is 6.26. The molecule has 1 N–H and O–H groups in total. The highest BCUT2D eigenvalue weighted by molar-refractivity contribution is 5.93. The molecule has 0 radical (unpaired) electrons. The van der Waals surface area contributed by atoms with Gasteiger partial charge in [-0.15, -0.1) is 0 Å². The van der Waals surface area contributed by atoms with Gasteiger partial charge >= 0.3 is 0 Å². The van der Waals surface area contributed by atoms with Crippen molar-refractivity contribution in [3.63, 3.8) is 0 Å². The number of carbonyl (C=O) groups excluding carboxylic acids is 1. The second kappa shape index (κ2) is 7.42. The number of amides is 1. The number of aryl methyl sites for hydroxylation is 2. The van der Waals surface area contributed by atoms with E-state index in [4.69, 9.17) is 4.52 Å². The lowest BCUT2D eigenvalue weighted by Crippen LogP contribution is -2.41. The van der Waals surface area contributed by atoms with Crippen molar-refractivity contribution in [2.75, 3.05) is 24.5 Å². The summed E-state index contributed by atoms with van der Waals surface area (Å²) in [7, 11) is 0. The number of aromatic nitrogens is 3. The monoisotopic (exact) mass is 329 g/mol. The Hall–Kier alpha value is -2.44.